The summed E-state index contributed by atoms with van der Waals surface area (Å²) >= 11 is 1.38. The number of allylic oxidation sites excluding steroid dienone is 1. The van der Waals surface area contributed by atoms with Crippen LogP contribution in [-0.2, 0) is 9.53 Å². The maximum Gasteiger partial charge on any atom is 0.185 e. The van der Waals surface area contributed by atoms with Gasteiger partial charge in [0.15, 0.2) is 5.12 Å². The van der Waals surface area contributed by atoms with E-state index in [1.807, 2.05) is 0 Å². The molecule has 0 aliphatic carbocycles. The molecule has 0 atom stereocenters. The first-order valence-electron chi connectivity index (χ1n) is 6.98. The molecule has 108 valence electrons. The fourth-order valence-electron chi connectivity index (χ4n) is 2.14. The lowest BCUT2D eigenvalue weighted by atomic mass is 10.1. The summed E-state index contributed by atoms with van der Waals surface area (Å²) in [4.78, 5) is 13.2. The van der Waals surface area contributed by atoms with Gasteiger partial charge in [-0.15, -0.1) is 0 Å². The van der Waals surface area contributed by atoms with E-state index in [1.54, 1.807) is 6.92 Å². The molecule has 1 aromatic carbocycles. The lowest BCUT2D eigenvalue weighted by Crippen LogP contribution is -2.36. The standard InChI is InChI=1S/C16H21NO2S/c1-14(18)20-12-3-2-5-15-6-4-7-16(13-15)17-8-10-19-11-9-17/h2,4-7,13H,3,8-12H2,1H3. The predicted molar refractivity (Wildman–Crippen MR) is 86.3 cm³/mol. The van der Waals surface area contributed by atoms with Gasteiger partial charge in [0.1, 0.15) is 0 Å². The fraction of sp³-hybridized carbons (Fsp3) is 0.438. The molecule has 0 aromatic heterocycles. The molecule has 1 saturated heterocycles. The van der Waals surface area contributed by atoms with Gasteiger partial charge >= 0.3 is 0 Å². The monoisotopic (exact) mass is 291 g/mol. The van der Waals surface area contributed by atoms with Crippen LogP contribution in [0.4, 0.5) is 5.69 Å². The molecule has 1 heterocycles. The van der Waals surface area contributed by atoms with Crippen molar-refractivity contribution < 1.29 is 9.53 Å². The second kappa shape index (κ2) is 8.12. The summed E-state index contributed by atoms with van der Waals surface area (Å²) in [6, 6.07) is 8.56. The summed E-state index contributed by atoms with van der Waals surface area (Å²) in [6.45, 7) is 5.15. The van der Waals surface area contributed by atoms with Gasteiger partial charge < -0.3 is 9.64 Å². The summed E-state index contributed by atoms with van der Waals surface area (Å²) in [5.41, 5.74) is 2.47. The second-order valence-electron chi connectivity index (χ2n) is 4.73. The molecule has 1 aliphatic heterocycles. The smallest absolute Gasteiger partial charge is 0.185 e. The largest absolute Gasteiger partial charge is 0.378 e. The maximum absolute atomic E-state index is 10.8. The van der Waals surface area contributed by atoms with Gasteiger partial charge in [0.25, 0.3) is 0 Å². The number of carbonyl (C=O) groups excluding carboxylic acids is 1. The van der Waals surface area contributed by atoms with Gasteiger partial charge in [-0.25, -0.2) is 0 Å². The van der Waals surface area contributed by atoms with Crippen LogP contribution in [0.1, 0.15) is 18.9 Å². The molecule has 0 bridgehead atoms. The molecule has 0 saturated carbocycles. The normalized spacial score (nSPS) is 15.8. The minimum Gasteiger partial charge on any atom is -0.378 e. The van der Waals surface area contributed by atoms with Crippen molar-refractivity contribution in [2.75, 3.05) is 37.0 Å². The summed E-state index contributed by atoms with van der Waals surface area (Å²) in [7, 11) is 0. The van der Waals surface area contributed by atoms with E-state index in [1.165, 1.54) is 23.0 Å². The van der Waals surface area contributed by atoms with E-state index in [0.717, 1.165) is 38.5 Å². The average Bonchev–Trinajstić information content (AvgIpc) is 2.48. The average molecular weight is 291 g/mol. The number of rotatable bonds is 5. The van der Waals surface area contributed by atoms with Gasteiger partial charge in [-0.2, -0.15) is 0 Å². The number of morpholine rings is 1. The summed E-state index contributed by atoms with van der Waals surface area (Å²) in [5.74, 6) is 0.856. The Balaban J connectivity index is 1.88. The first-order valence-corrected chi connectivity index (χ1v) is 7.97. The Morgan fingerprint density at radius 1 is 1.40 bits per heavy atom. The van der Waals surface area contributed by atoms with Crippen LogP contribution >= 0.6 is 11.8 Å². The van der Waals surface area contributed by atoms with Crippen LogP contribution in [-0.4, -0.2) is 37.2 Å². The number of carbonyl (C=O) groups is 1. The quantitative estimate of drug-likeness (QED) is 0.779. The Hall–Kier alpha value is -1.26. The van der Waals surface area contributed by atoms with E-state index < -0.39 is 0 Å². The first kappa shape index (κ1) is 15.1. The van der Waals surface area contributed by atoms with Crippen LogP contribution in [0.3, 0.4) is 0 Å². The van der Waals surface area contributed by atoms with E-state index in [0.29, 0.717) is 0 Å². The number of benzene rings is 1. The van der Waals surface area contributed by atoms with Crippen LogP contribution in [0.2, 0.25) is 0 Å². The van der Waals surface area contributed by atoms with Crippen LogP contribution < -0.4 is 4.90 Å². The molecule has 0 amide bonds. The highest BCUT2D eigenvalue weighted by Crippen LogP contribution is 2.18. The minimum atomic E-state index is 0.188. The van der Waals surface area contributed by atoms with Crippen molar-refractivity contribution in [1.82, 2.24) is 0 Å². The van der Waals surface area contributed by atoms with Gasteiger partial charge in [0, 0.05) is 31.5 Å². The molecule has 0 unspecified atom stereocenters. The summed E-state index contributed by atoms with van der Waals surface area (Å²) < 4.78 is 5.38. The Morgan fingerprint density at radius 2 is 2.20 bits per heavy atom. The summed E-state index contributed by atoms with van der Waals surface area (Å²) in [6.07, 6.45) is 5.19. The molecule has 2 rings (SSSR count). The van der Waals surface area contributed by atoms with Crippen LogP contribution in [0.25, 0.3) is 6.08 Å². The number of thioether (sulfide) groups is 1. The third-order valence-electron chi connectivity index (χ3n) is 3.15. The Kier molecular flexibility index (Phi) is 6.15. The van der Waals surface area contributed by atoms with Crippen molar-refractivity contribution in [1.29, 1.82) is 0 Å². The fourth-order valence-corrected chi connectivity index (χ4v) is 2.68. The lowest BCUT2D eigenvalue weighted by molar-refractivity contribution is -0.109. The highest BCUT2D eigenvalue weighted by Gasteiger charge is 2.10. The maximum atomic E-state index is 10.8. The number of hydrogen-bond acceptors (Lipinski definition) is 4. The summed E-state index contributed by atoms with van der Waals surface area (Å²) in [5, 5.41) is 0.188. The number of ether oxygens (including phenoxy) is 1. The van der Waals surface area contributed by atoms with Gasteiger partial charge in [0.05, 0.1) is 13.2 Å². The van der Waals surface area contributed by atoms with Crippen molar-refractivity contribution in [2.45, 2.75) is 13.3 Å². The van der Waals surface area contributed by atoms with E-state index in [4.69, 9.17) is 4.74 Å². The van der Waals surface area contributed by atoms with Crippen molar-refractivity contribution in [3.8, 4) is 0 Å². The Labute approximate surface area is 125 Å². The van der Waals surface area contributed by atoms with E-state index in [9.17, 15) is 4.79 Å². The SMILES string of the molecule is CC(=O)SCCC=Cc1cccc(N2CCOCC2)c1. The zero-order chi connectivity index (χ0) is 14.2. The second-order valence-corrected chi connectivity index (χ2v) is 6.00. The van der Waals surface area contributed by atoms with E-state index in [2.05, 4.69) is 41.3 Å². The number of anilines is 1. The molecular weight excluding hydrogens is 270 g/mol. The number of nitrogens with zero attached hydrogens (tertiary/aromatic N) is 1. The highest BCUT2D eigenvalue weighted by molar-refractivity contribution is 8.13. The van der Waals surface area contributed by atoms with Crippen molar-refractivity contribution in [2.24, 2.45) is 0 Å². The molecule has 4 heteroatoms. The van der Waals surface area contributed by atoms with Gasteiger partial charge in [-0.1, -0.05) is 36.0 Å². The van der Waals surface area contributed by atoms with Gasteiger partial charge in [-0.3, -0.25) is 4.79 Å². The van der Waals surface area contributed by atoms with Gasteiger partial charge in [0.2, 0.25) is 0 Å². The molecule has 3 nitrogen and oxygen atoms in total. The first-order chi connectivity index (χ1) is 9.75. The zero-order valence-corrected chi connectivity index (χ0v) is 12.7. The lowest BCUT2D eigenvalue weighted by Gasteiger charge is -2.29. The van der Waals surface area contributed by atoms with Crippen molar-refractivity contribution in [3.05, 3.63) is 35.9 Å². The van der Waals surface area contributed by atoms with Gasteiger partial charge in [-0.05, 0) is 24.1 Å². The van der Waals surface area contributed by atoms with E-state index in [-0.39, 0.29) is 5.12 Å². The molecule has 0 N–H and O–H groups in total. The molecule has 1 fully saturated rings. The Morgan fingerprint density at radius 3 is 2.95 bits per heavy atom. The molecule has 20 heavy (non-hydrogen) atoms. The predicted octanol–water partition coefficient (Wildman–Crippen LogP) is 3.21. The van der Waals surface area contributed by atoms with Crippen LogP contribution in [0.15, 0.2) is 30.3 Å². The zero-order valence-electron chi connectivity index (χ0n) is 11.9. The molecule has 1 aliphatic rings. The minimum absolute atomic E-state index is 0.188. The third kappa shape index (κ3) is 5.02. The Bertz CT molecular complexity index is 467. The van der Waals surface area contributed by atoms with Crippen LogP contribution in [0.5, 0.6) is 0 Å². The number of hydrogen-bond donors (Lipinski definition) is 0. The molecular formula is C16H21NO2S. The van der Waals surface area contributed by atoms with Crippen molar-refractivity contribution in [3.63, 3.8) is 0 Å². The molecule has 1 aromatic rings. The van der Waals surface area contributed by atoms with E-state index >= 15 is 0 Å². The van der Waals surface area contributed by atoms with Crippen molar-refractivity contribution >= 4 is 28.6 Å². The molecule has 0 radical (unpaired) electrons. The van der Waals surface area contributed by atoms with Crippen LogP contribution in [0, 0.1) is 0 Å². The molecule has 0 spiro atoms. The topological polar surface area (TPSA) is 29.5 Å². The highest BCUT2D eigenvalue weighted by atomic mass is 32.2. The third-order valence-corrected chi connectivity index (χ3v) is 3.99.